The average Bonchev–Trinajstić information content (AvgIpc) is 3.13. The molecule has 3 aromatic rings. The van der Waals surface area contributed by atoms with Crippen molar-refractivity contribution in [2.75, 3.05) is 26.3 Å². The molecule has 1 aliphatic heterocycles. The van der Waals surface area contributed by atoms with Crippen molar-refractivity contribution < 1.29 is 9.53 Å². The van der Waals surface area contributed by atoms with E-state index in [2.05, 4.69) is 10.2 Å². The molecule has 2 heterocycles. The van der Waals surface area contributed by atoms with Gasteiger partial charge in [-0.05, 0) is 24.6 Å². The molecule has 1 aromatic heterocycles. The average molecular weight is 394 g/mol. The predicted molar refractivity (Wildman–Crippen MR) is 109 cm³/mol. The van der Waals surface area contributed by atoms with Crippen molar-refractivity contribution in [3.8, 4) is 5.69 Å². The number of amides is 1. The standard InChI is InChI=1S/C21H22N4O2S/c1-16-22-23-21(25(16)18-10-6-3-7-11-18)28-19(17-8-4-2-5-9-17)20(26)24-12-14-27-15-13-24/h2-11,19H,12-15H2,1H3. The number of morpholine rings is 1. The predicted octanol–water partition coefficient (Wildman–Crippen LogP) is 3.27. The molecule has 1 aliphatic rings. The highest BCUT2D eigenvalue weighted by Crippen LogP contribution is 2.37. The Morgan fingerprint density at radius 2 is 1.64 bits per heavy atom. The van der Waals surface area contributed by atoms with Crippen molar-refractivity contribution in [3.63, 3.8) is 0 Å². The minimum absolute atomic E-state index is 0.0831. The van der Waals surface area contributed by atoms with Gasteiger partial charge in [0.2, 0.25) is 5.91 Å². The van der Waals surface area contributed by atoms with E-state index in [4.69, 9.17) is 4.74 Å². The molecular formula is C21H22N4O2S. The maximum atomic E-state index is 13.3. The summed E-state index contributed by atoms with van der Waals surface area (Å²) in [5, 5.41) is 8.95. The topological polar surface area (TPSA) is 60.3 Å². The van der Waals surface area contributed by atoms with Crippen LogP contribution in [0.5, 0.6) is 0 Å². The van der Waals surface area contributed by atoms with Gasteiger partial charge in [-0.3, -0.25) is 9.36 Å². The first kappa shape index (κ1) is 18.7. The molecule has 0 bridgehead atoms. The van der Waals surface area contributed by atoms with E-state index >= 15 is 0 Å². The van der Waals surface area contributed by atoms with Crippen LogP contribution in [0.2, 0.25) is 0 Å². The van der Waals surface area contributed by atoms with Gasteiger partial charge in [0.25, 0.3) is 0 Å². The van der Waals surface area contributed by atoms with E-state index in [0.717, 1.165) is 17.1 Å². The van der Waals surface area contributed by atoms with Gasteiger partial charge >= 0.3 is 0 Å². The number of thioether (sulfide) groups is 1. The molecule has 1 unspecified atom stereocenters. The number of nitrogens with zero attached hydrogens (tertiary/aromatic N) is 4. The number of ether oxygens (including phenoxy) is 1. The van der Waals surface area contributed by atoms with Crippen LogP contribution in [-0.2, 0) is 9.53 Å². The Kier molecular flexibility index (Phi) is 5.73. The van der Waals surface area contributed by atoms with Crippen LogP contribution >= 0.6 is 11.8 Å². The molecule has 7 heteroatoms. The largest absolute Gasteiger partial charge is 0.378 e. The molecule has 0 spiro atoms. The lowest BCUT2D eigenvalue weighted by Gasteiger charge is -2.30. The van der Waals surface area contributed by atoms with Crippen LogP contribution in [0.1, 0.15) is 16.6 Å². The van der Waals surface area contributed by atoms with Crippen LogP contribution < -0.4 is 0 Å². The number of benzene rings is 2. The van der Waals surface area contributed by atoms with Crippen LogP contribution in [0.3, 0.4) is 0 Å². The Morgan fingerprint density at radius 3 is 2.32 bits per heavy atom. The first-order valence-corrected chi connectivity index (χ1v) is 10.2. The molecule has 1 fully saturated rings. The second kappa shape index (κ2) is 8.58. The van der Waals surface area contributed by atoms with Crippen molar-refractivity contribution >= 4 is 17.7 Å². The van der Waals surface area contributed by atoms with E-state index in [1.54, 1.807) is 0 Å². The molecule has 1 atom stereocenters. The zero-order valence-electron chi connectivity index (χ0n) is 15.7. The van der Waals surface area contributed by atoms with Crippen LogP contribution in [0.25, 0.3) is 5.69 Å². The number of carbonyl (C=O) groups is 1. The van der Waals surface area contributed by atoms with E-state index in [1.165, 1.54) is 11.8 Å². The molecule has 1 amide bonds. The van der Waals surface area contributed by atoms with Crippen molar-refractivity contribution in [3.05, 3.63) is 72.1 Å². The summed E-state index contributed by atoms with van der Waals surface area (Å²) in [6.45, 7) is 4.32. The summed E-state index contributed by atoms with van der Waals surface area (Å²) in [4.78, 5) is 15.2. The lowest BCUT2D eigenvalue weighted by atomic mass is 10.1. The fourth-order valence-corrected chi connectivity index (χ4v) is 4.42. The summed E-state index contributed by atoms with van der Waals surface area (Å²) in [6, 6.07) is 19.8. The van der Waals surface area contributed by atoms with Crippen molar-refractivity contribution in [2.24, 2.45) is 0 Å². The first-order valence-electron chi connectivity index (χ1n) is 9.29. The quantitative estimate of drug-likeness (QED) is 0.622. The number of hydrogen-bond donors (Lipinski definition) is 0. The van der Waals surface area contributed by atoms with E-state index in [-0.39, 0.29) is 11.2 Å². The van der Waals surface area contributed by atoms with Crippen LogP contribution in [0.4, 0.5) is 0 Å². The van der Waals surface area contributed by atoms with Gasteiger partial charge in [-0.25, -0.2) is 0 Å². The fraction of sp³-hybridized carbons (Fsp3) is 0.286. The van der Waals surface area contributed by atoms with E-state index in [9.17, 15) is 4.79 Å². The summed E-state index contributed by atoms with van der Waals surface area (Å²) >= 11 is 1.44. The van der Waals surface area contributed by atoms with E-state index in [0.29, 0.717) is 31.5 Å². The molecule has 0 N–H and O–H groups in total. The molecule has 144 valence electrons. The molecule has 1 saturated heterocycles. The van der Waals surface area contributed by atoms with Gasteiger partial charge < -0.3 is 9.64 Å². The molecule has 2 aromatic carbocycles. The Bertz CT molecular complexity index is 924. The summed E-state index contributed by atoms with van der Waals surface area (Å²) in [6.07, 6.45) is 0. The van der Waals surface area contributed by atoms with Crippen LogP contribution in [-0.4, -0.2) is 51.9 Å². The van der Waals surface area contributed by atoms with Gasteiger partial charge in [0.15, 0.2) is 5.16 Å². The third kappa shape index (κ3) is 3.95. The number of para-hydroxylation sites is 1. The van der Waals surface area contributed by atoms with Crippen molar-refractivity contribution in [1.82, 2.24) is 19.7 Å². The van der Waals surface area contributed by atoms with E-state index < -0.39 is 0 Å². The van der Waals surface area contributed by atoms with Crippen LogP contribution in [0.15, 0.2) is 65.8 Å². The number of aromatic nitrogens is 3. The number of carbonyl (C=O) groups excluding carboxylic acids is 1. The van der Waals surface area contributed by atoms with Gasteiger partial charge in [0.05, 0.1) is 13.2 Å². The summed E-state index contributed by atoms with van der Waals surface area (Å²) < 4.78 is 7.40. The third-order valence-electron chi connectivity index (χ3n) is 4.68. The fourth-order valence-electron chi connectivity index (χ4n) is 3.24. The van der Waals surface area contributed by atoms with Gasteiger partial charge in [-0.2, -0.15) is 0 Å². The first-order chi connectivity index (χ1) is 13.7. The van der Waals surface area contributed by atoms with Gasteiger partial charge in [-0.1, -0.05) is 60.3 Å². The Morgan fingerprint density at radius 1 is 1.00 bits per heavy atom. The number of rotatable bonds is 5. The minimum atomic E-state index is -0.384. The second-order valence-corrected chi connectivity index (χ2v) is 7.62. The molecular weight excluding hydrogens is 372 g/mol. The number of aryl methyl sites for hydroxylation is 1. The molecule has 6 nitrogen and oxygen atoms in total. The molecule has 0 radical (unpaired) electrons. The van der Waals surface area contributed by atoms with Gasteiger partial charge in [-0.15, -0.1) is 10.2 Å². The van der Waals surface area contributed by atoms with Crippen molar-refractivity contribution in [2.45, 2.75) is 17.3 Å². The maximum absolute atomic E-state index is 13.3. The molecule has 4 rings (SSSR count). The highest BCUT2D eigenvalue weighted by molar-refractivity contribution is 8.00. The zero-order chi connectivity index (χ0) is 19.3. The highest BCUT2D eigenvalue weighted by atomic mass is 32.2. The molecule has 28 heavy (non-hydrogen) atoms. The highest BCUT2D eigenvalue weighted by Gasteiger charge is 2.30. The minimum Gasteiger partial charge on any atom is -0.378 e. The zero-order valence-corrected chi connectivity index (χ0v) is 16.5. The Labute approximate surface area is 168 Å². The van der Waals surface area contributed by atoms with E-state index in [1.807, 2.05) is 77.1 Å². The maximum Gasteiger partial charge on any atom is 0.240 e. The summed E-state index contributed by atoms with van der Waals surface area (Å²) in [5.41, 5.74) is 1.95. The second-order valence-electron chi connectivity index (χ2n) is 6.55. The van der Waals surface area contributed by atoms with Gasteiger partial charge in [0, 0.05) is 18.8 Å². The summed E-state index contributed by atoms with van der Waals surface area (Å²) in [7, 11) is 0. The van der Waals surface area contributed by atoms with Gasteiger partial charge in [0.1, 0.15) is 11.1 Å². The van der Waals surface area contributed by atoms with Crippen molar-refractivity contribution in [1.29, 1.82) is 0 Å². The Balaban J connectivity index is 1.68. The number of hydrogen-bond acceptors (Lipinski definition) is 5. The molecule has 0 aliphatic carbocycles. The lowest BCUT2D eigenvalue weighted by Crippen LogP contribution is -2.42. The Hall–Kier alpha value is -2.64. The third-order valence-corrected chi connectivity index (χ3v) is 5.87. The smallest absolute Gasteiger partial charge is 0.240 e. The SMILES string of the molecule is Cc1nnc(SC(C(=O)N2CCOCC2)c2ccccc2)n1-c1ccccc1. The van der Waals surface area contributed by atoms with Crippen LogP contribution in [0, 0.1) is 6.92 Å². The lowest BCUT2D eigenvalue weighted by molar-refractivity contribution is -0.134. The normalized spacial score (nSPS) is 15.4. The monoisotopic (exact) mass is 394 g/mol. The molecule has 0 saturated carbocycles. The summed E-state index contributed by atoms with van der Waals surface area (Å²) in [5.74, 6) is 0.874.